The Hall–Kier alpha value is -3.35. The molecule has 146 valence electrons. The van der Waals surface area contributed by atoms with Crippen molar-refractivity contribution < 1.29 is 14.3 Å². The molecule has 0 bridgehead atoms. The third-order valence-electron chi connectivity index (χ3n) is 4.50. The first-order valence-corrected chi connectivity index (χ1v) is 8.94. The molecular weight excluding hydrogens is 358 g/mol. The van der Waals surface area contributed by atoms with E-state index in [1.54, 1.807) is 12.1 Å². The summed E-state index contributed by atoms with van der Waals surface area (Å²) in [6.45, 7) is 4.08. The molecule has 0 spiro atoms. The van der Waals surface area contributed by atoms with Gasteiger partial charge in [0, 0.05) is 11.8 Å². The van der Waals surface area contributed by atoms with Crippen molar-refractivity contribution in [3.05, 3.63) is 58.6 Å². The number of hydrogen-bond acceptors (Lipinski definition) is 5. The predicted molar refractivity (Wildman–Crippen MR) is 108 cm³/mol. The van der Waals surface area contributed by atoms with E-state index in [-0.39, 0.29) is 18.0 Å². The Balaban J connectivity index is 1.82. The minimum absolute atomic E-state index is 0.137. The number of anilines is 1. The van der Waals surface area contributed by atoms with Crippen molar-refractivity contribution in [2.45, 2.75) is 26.3 Å². The van der Waals surface area contributed by atoms with E-state index in [0.29, 0.717) is 34.0 Å². The second-order valence-electron chi connectivity index (χ2n) is 6.73. The van der Waals surface area contributed by atoms with E-state index in [9.17, 15) is 9.59 Å². The van der Waals surface area contributed by atoms with Crippen LogP contribution in [0.3, 0.4) is 0 Å². The number of nitrogens with one attached hydrogen (secondary N) is 1. The summed E-state index contributed by atoms with van der Waals surface area (Å²) >= 11 is 0. The molecule has 0 fully saturated rings. The summed E-state index contributed by atoms with van der Waals surface area (Å²) < 4.78 is 11.7. The van der Waals surface area contributed by atoms with Crippen LogP contribution >= 0.6 is 0 Å². The number of carbonyl (C=O) groups excluding carboxylic acids is 1. The van der Waals surface area contributed by atoms with Crippen molar-refractivity contribution in [2.24, 2.45) is 0 Å². The number of hydrogen-bond donors (Lipinski definition) is 1. The Morgan fingerprint density at radius 1 is 1.11 bits per heavy atom. The molecule has 1 aromatic heterocycles. The molecule has 28 heavy (non-hydrogen) atoms. The fourth-order valence-corrected chi connectivity index (χ4v) is 2.90. The fraction of sp³-hybridized carbons (Fsp3) is 0.286. The standard InChI is InChI=1S/C21H23N3O4/c1-13(2)14-5-7-15(8-6-14)23-20(25)11-24-12-22-17-10-19(28-4)18(27-3)9-16(17)21(24)26/h5-10,12-13H,11H2,1-4H3,(H,23,25). The summed E-state index contributed by atoms with van der Waals surface area (Å²) in [6, 6.07) is 10.9. The highest BCUT2D eigenvalue weighted by Gasteiger charge is 2.13. The highest BCUT2D eigenvalue weighted by Crippen LogP contribution is 2.29. The molecule has 7 nitrogen and oxygen atoms in total. The molecule has 0 aliphatic rings. The van der Waals surface area contributed by atoms with Crippen LogP contribution < -0.4 is 20.3 Å². The smallest absolute Gasteiger partial charge is 0.261 e. The van der Waals surface area contributed by atoms with Crippen LogP contribution in [0.1, 0.15) is 25.3 Å². The Kier molecular flexibility index (Phi) is 5.63. The normalized spacial score (nSPS) is 10.9. The summed E-state index contributed by atoms with van der Waals surface area (Å²) in [4.78, 5) is 29.4. The van der Waals surface area contributed by atoms with Crippen LogP contribution in [-0.4, -0.2) is 29.7 Å². The van der Waals surface area contributed by atoms with Crippen LogP contribution in [0.5, 0.6) is 11.5 Å². The highest BCUT2D eigenvalue weighted by molar-refractivity contribution is 5.90. The Morgan fingerprint density at radius 2 is 1.75 bits per heavy atom. The van der Waals surface area contributed by atoms with Gasteiger partial charge in [-0.2, -0.15) is 0 Å². The summed E-state index contributed by atoms with van der Waals surface area (Å²) in [5.74, 6) is 1.03. The lowest BCUT2D eigenvalue weighted by Crippen LogP contribution is -2.28. The molecule has 1 N–H and O–H groups in total. The molecule has 1 heterocycles. The molecule has 1 amide bonds. The van der Waals surface area contributed by atoms with Crippen molar-refractivity contribution in [3.8, 4) is 11.5 Å². The van der Waals surface area contributed by atoms with E-state index in [1.807, 2.05) is 24.3 Å². The number of carbonyl (C=O) groups is 1. The summed E-state index contributed by atoms with van der Waals surface area (Å²) in [7, 11) is 3.01. The van der Waals surface area contributed by atoms with Gasteiger partial charge in [0.15, 0.2) is 11.5 Å². The Morgan fingerprint density at radius 3 is 2.36 bits per heavy atom. The van der Waals surface area contributed by atoms with E-state index in [0.717, 1.165) is 0 Å². The molecule has 3 rings (SSSR count). The lowest BCUT2D eigenvalue weighted by Gasteiger charge is -2.11. The molecule has 0 unspecified atom stereocenters. The number of fused-ring (bicyclic) bond motifs is 1. The maximum absolute atomic E-state index is 12.8. The van der Waals surface area contributed by atoms with Gasteiger partial charge in [-0.05, 0) is 29.7 Å². The van der Waals surface area contributed by atoms with Crippen LogP contribution in [0.4, 0.5) is 5.69 Å². The quantitative estimate of drug-likeness (QED) is 0.709. The van der Waals surface area contributed by atoms with Crippen molar-refractivity contribution in [2.75, 3.05) is 19.5 Å². The van der Waals surface area contributed by atoms with Crippen LogP contribution in [0, 0.1) is 0 Å². The van der Waals surface area contributed by atoms with Gasteiger partial charge in [-0.15, -0.1) is 0 Å². The van der Waals surface area contributed by atoms with E-state index in [4.69, 9.17) is 9.47 Å². The monoisotopic (exact) mass is 381 g/mol. The highest BCUT2D eigenvalue weighted by atomic mass is 16.5. The maximum Gasteiger partial charge on any atom is 0.261 e. The van der Waals surface area contributed by atoms with Gasteiger partial charge in [-0.1, -0.05) is 26.0 Å². The first-order chi connectivity index (χ1) is 13.4. The molecule has 3 aromatic rings. The number of amides is 1. The van der Waals surface area contributed by atoms with Gasteiger partial charge in [-0.3, -0.25) is 14.2 Å². The number of benzene rings is 2. The molecule has 0 aliphatic heterocycles. The molecule has 0 saturated carbocycles. The van der Waals surface area contributed by atoms with E-state index < -0.39 is 0 Å². The Labute approximate surface area is 162 Å². The number of rotatable bonds is 6. The summed E-state index contributed by atoms with van der Waals surface area (Å²) in [5, 5.41) is 3.16. The van der Waals surface area contributed by atoms with E-state index in [1.165, 1.54) is 30.7 Å². The fourth-order valence-electron chi connectivity index (χ4n) is 2.90. The molecule has 2 aromatic carbocycles. The zero-order valence-electron chi connectivity index (χ0n) is 16.4. The first-order valence-electron chi connectivity index (χ1n) is 8.94. The Bertz CT molecular complexity index is 1060. The van der Waals surface area contributed by atoms with E-state index >= 15 is 0 Å². The van der Waals surface area contributed by atoms with Crippen LogP contribution in [0.25, 0.3) is 10.9 Å². The average Bonchev–Trinajstić information content (AvgIpc) is 2.69. The number of methoxy groups -OCH3 is 2. The van der Waals surface area contributed by atoms with Gasteiger partial charge in [0.2, 0.25) is 5.91 Å². The third-order valence-corrected chi connectivity index (χ3v) is 4.50. The van der Waals surface area contributed by atoms with E-state index in [2.05, 4.69) is 24.1 Å². The first kappa shape index (κ1) is 19.4. The summed E-state index contributed by atoms with van der Waals surface area (Å²) in [5.41, 5.74) is 2.03. The van der Waals surface area contributed by atoms with Crippen LogP contribution in [-0.2, 0) is 11.3 Å². The van der Waals surface area contributed by atoms with Crippen molar-refractivity contribution in [1.82, 2.24) is 9.55 Å². The maximum atomic E-state index is 12.8. The van der Waals surface area contributed by atoms with Gasteiger partial charge in [0.05, 0.1) is 31.4 Å². The van der Waals surface area contributed by atoms with Gasteiger partial charge in [0.1, 0.15) is 6.54 Å². The zero-order valence-corrected chi connectivity index (χ0v) is 16.4. The lowest BCUT2D eigenvalue weighted by molar-refractivity contribution is -0.116. The minimum Gasteiger partial charge on any atom is -0.493 e. The molecule has 7 heteroatoms. The van der Waals surface area contributed by atoms with Crippen LogP contribution in [0.15, 0.2) is 47.5 Å². The van der Waals surface area contributed by atoms with Crippen molar-refractivity contribution >= 4 is 22.5 Å². The molecule has 0 saturated heterocycles. The predicted octanol–water partition coefficient (Wildman–Crippen LogP) is 3.18. The second kappa shape index (κ2) is 8.12. The number of ether oxygens (including phenoxy) is 2. The van der Waals surface area contributed by atoms with Gasteiger partial charge >= 0.3 is 0 Å². The van der Waals surface area contributed by atoms with Crippen molar-refractivity contribution in [3.63, 3.8) is 0 Å². The molecule has 0 radical (unpaired) electrons. The van der Waals surface area contributed by atoms with Gasteiger partial charge < -0.3 is 14.8 Å². The lowest BCUT2D eigenvalue weighted by atomic mass is 10.0. The average molecular weight is 381 g/mol. The topological polar surface area (TPSA) is 82.5 Å². The minimum atomic E-state index is -0.323. The second-order valence-corrected chi connectivity index (χ2v) is 6.73. The summed E-state index contributed by atoms with van der Waals surface area (Å²) in [6.07, 6.45) is 1.36. The number of aromatic nitrogens is 2. The molecular formula is C21H23N3O4. The van der Waals surface area contributed by atoms with Gasteiger partial charge in [-0.25, -0.2) is 4.98 Å². The van der Waals surface area contributed by atoms with Gasteiger partial charge in [0.25, 0.3) is 5.56 Å². The third kappa shape index (κ3) is 3.98. The van der Waals surface area contributed by atoms with Crippen LogP contribution in [0.2, 0.25) is 0 Å². The zero-order chi connectivity index (χ0) is 20.3. The molecule has 0 aliphatic carbocycles. The largest absolute Gasteiger partial charge is 0.493 e. The van der Waals surface area contributed by atoms with Crippen molar-refractivity contribution in [1.29, 1.82) is 0 Å². The number of nitrogens with zero attached hydrogens (tertiary/aromatic N) is 2. The SMILES string of the molecule is COc1cc2ncn(CC(=O)Nc3ccc(C(C)C)cc3)c(=O)c2cc1OC. The molecule has 0 atom stereocenters.